The third kappa shape index (κ3) is 2.74. The van der Waals surface area contributed by atoms with Crippen LogP contribution in [-0.2, 0) is 14.1 Å². The Hall–Kier alpha value is -3.49. The van der Waals surface area contributed by atoms with Gasteiger partial charge in [-0.15, -0.1) is 0 Å². The normalized spacial score (nSPS) is 11.2. The van der Waals surface area contributed by atoms with Crippen LogP contribution < -0.4 is 11.1 Å². The van der Waals surface area contributed by atoms with Crippen molar-refractivity contribution in [2.45, 2.75) is 0 Å². The molecule has 9 nitrogen and oxygen atoms in total. The number of hydrogen-bond donors (Lipinski definition) is 1. The molecule has 0 fully saturated rings. The van der Waals surface area contributed by atoms with E-state index >= 15 is 0 Å². The van der Waals surface area contributed by atoms with Gasteiger partial charge in [0, 0.05) is 20.2 Å². The fourth-order valence-corrected chi connectivity index (χ4v) is 2.34. The predicted molar refractivity (Wildman–Crippen MR) is 90.3 cm³/mol. The van der Waals surface area contributed by atoms with Gasteiger partial charge in [-0.3, -0.25) is 24.7 Å². The second-order valence-electron chi connectivity index (χ2n) is 5.18. The number of imidazole rings is 1. The first-order chi connectivity index (χ1) is 11.5. The zero-order valence-electron chi connectivity index (χ0n) is 13.0. The standard InChI is InChI=1S/C15H14N6O3/c1-19-12-5-3-10(7-13(12)20(2)15(19)22)8-17-18-14-6-4-11(9-16-14)21(23)24/h3-9H,1-2H3,(H,16,18)/b17-8-. The maximum atomic E-state index is 11.9. The SMILES string of the molecule is Cn1c(=O)n(C)c2cc(/C=N\Nc3ccc([N+](=O)[O-])cn3)ccc21. The minimum Gasteiger partial charge on any atom is -0.295 e. The Bertz CT molecular complexity index is 1000. The zero-order valence-corrected chi connectivity index (χ0v) is 13.0. The van der Waals surface area contributed by atoms with Crippen LogP contribution in [0.25, 0.3) is 11.0 Å². The van der Waals surface area contributed by atoms with E-state index in [0.717, 1.165) is 22.8 Å². The topological polar surface area (TPSA) is 107 Å². The zero-order chi connectivity index (χ0) is 17.3. The number of hydrogen-bond acceptors (Lipinski definition) is 6. The van der Waals surface area contributed by atoms with Crippen LogP contribution in [0, 0.1) is 10.1 Å². The molecule has 1 aromatic carbocycles. The van der Waals surface area contributed by atoms with Gasteiger partial charge in [-0.05, 0) is 23.8 Å². The average Bonchev–Trinajstić information content (AvgIpc) is 2.80. The van der Waals surface area contributed by atoms with Crippen molar-refractivity contribution in [3.63, 3.8) is 0 Å². The minimum absolute atomic E-state index is 0.0834. The molecule has 0 spiro atoms. The van der Waals surface area contributed by atoms with Crippen molar-refractivity contribution < 1.29 is 4.92 Å². The van der Waals surface area contributed by atoms with Crippen molar-refractivity contribution in [3.05, 3.63) is 62.7 Å². The lowest BCUT2D eigenvalue weighted by Gasteiger charge is -1.99. The summed E-state index contributed by atoms with van der Waals surface area (Å²) in [5.41, 5.74) is 4.97. The summed E-state index contributed by atoms with van der Waals surface area (Å²) in [5.74, 6) is 0.394. The van der Waals surface area contributed by atoms with Crippen molar-refractivity contribution in [3.8, 4) is 0 Å². The van der Waals surface area contributed by atoms with Gasteiger partial charge in [-0.1, -0.05) is 6.07 Å². The number of nitro groups is 1. The Labute approximate surface area is 136 Å². The van der Waals surface area contributed by atoms with E-state index < -0.39 is 4.92 Å². The van der Waals surface area contributed by atoms with E-state index in [1.807, 2.05) is 18.2 Å². The number of hydrazone groups is 1. The highest BCUT2D eigenvalue weighted by Gasteiger charge is 2.07. The van der Waals surface area contributed by atoms with Gasteiger partial charge in [-0.2, -0.15) is 5.10 Å². The molecular weight excluding hydrogens is 312 g/mol. The molecule has 0 saturated heterocycles. The van der Waals surface area contributed by atoms with Gasteiger partial charge in [0.2, 0.25) is 0 Å². The largest absolute Gasteiger partial charge is 0.328 e. The number of fused-ring (bicyclic) bond motifs is 1. The first kappa shape index (κ1) is 15.4. The number of rotatable bonds is 4. The molecule has 0 amide bonds. The number of nitrogens with zero attached hydrogens (tertiary/aromatic N) is 5. The Kier molecular flexibility index (Phi) is 3.82. The van der Waals surface area contributed by atoms with Crippen LogP contribution in [-0.4, -0.2) is 25.3 Å². The molecule has 0 aliphatic heterocycles. The van der Waals surface area contributed by atoms with Crippen LogP contribution in [0.5, 0.6) is 0 Å². The molecule has 0 radical (unpaired) electrons. The summed E-state index contributed by atoms with van der Waals surface area (Å²) in [4.78, 5) is 25.8. The van der Waals surface area contributed by atoms with Crippen molar-refractivity contribution in [1.82, 2.24) is 14.1 Å². The quantitative estimate of drug-likeness (QED) is 0.445. The molecule has 0 saturated carbocycles. The summed E-state index contributed by atoms with van der Waals surface area (Å²) in [6, 6.07) is 8.36. The molecule has 0 aliphatic rings. The Balaban J connectivity index is 1.79. The molecular formula is C15H14N6O3. The molecule has 0 aliphatic carbocycles. The van der Waals surface area contributed by atoms with Crippen molar-refractivity contribution in [2.24, 2.45) is 19.2 Å². The Morgan fingerprint density at radius 3 is 2.62 bits per heavy atom. The van der Waals surface area contributed by atoms with E-state index in [1.165, 1.54) is 12.1 Å². The fraction of sp³-hybridized carbons (Fsp3) is 0.133. The molecule has 9 heteroatoms. The Morgan fingerprint density at radius 1 is 1.21 bits per heavy atom. The fourth-order valence-electron chi connectivity index (χ4n) is 2.34. The lowest BCUT2D eigenvalue weighted by Crippen LogP contribution is -2.19. The molecule has 0 atom stereocenters. The number of nitrogens with one attached hydrogen (secondary N) is 1. The first-order valence-corrected chi connectivity index (χ1v) is 7.02. The van der Waals surface area contributed by atoms with E-state index in [0.29, 0.717) is 5.82 Å². The van der Waals surface area contributed by atoms with E-state index in [9.17, 15) is 14.9 Å². The summed E-state index contributed by atoms with van der Waals surface area (Å²) in [7, 11) is 3.44. The van der Waals surface area contributed by atoms with E-state index in [4.69, 9.17) is 0 Å². The molecule has 24 heavy (non-hydrogen) atoms. The van der Waals surface area contributed by atoms with Gasteiger partial charge < -0.3 is 0 Å². The summed E-state index contributed by atoms with van der Waals surface area (Å²) in [5, 5.41) is 14.6. The highest BCUT2D eigenvalue weighted by Crippen LogP contribution is 2.14. The number of anilines is 1. The summed E-state index contributed by atoms with van der Waals surface area (Å²) >= 11 is 0. The molecule has 2 heterocycles. The van der Waals surface area contributed by atoms with Crippen molar-refractivity contribution >= 4 is 28.8 Å². The molecule has 0 unspecified atom stereocenters. The van der Waals surface area contributed by atoms with Gasteiger partial charge in [0.25, 0.3) is 5.69 Å². The van der Waals surface area contributed by atoms with E-state index in [-0.39, 0.29) is 11.4 Å². The maximum absolute atomic E-state index is 11.9. The molecule has 3 aromatic rings. The van der Waals surface area contributed by atoms with Gasteiger partial charge in [0.15, 0.2) is 0 Å². The van der Waals surface area contributed by atoms with Crippen molar-refractivity contribution in [2.75, 3.05) is 5.43 Å². The molecule has 122 valence electrons. The number of aryl methyl sites for hydroxylation is 2. The predicted octanol–water partition coefficient (Wildman–Crippen LogP) is 1.63. The third-order valence-corrected chi connectivity index (χ3v) is 3.65. The van der Waals surface area contributed by atoms with Crippen LogP contribution in [0.4, 0.5) is 11.5 Å². The van der Waals surface area contributed by atoms with Gasteiger partial charge in [0.05, 0.1) is 22.2 Å². The van der Waals surface area contributed by atoms with E-state index in [1.54, 1.807) is 29.4 Å². The first-order valence-electron chi connectivity index (χ1n) is 7.02. The second kappa shape index (κ2) is 5.95. The maximum Gasteiger partial charge on any atom is 0.328 e. The summed E-state index contributed by atoms with van der Waals surface area (Å²) < 4.78 is 3.15. The van der Waals surface area contributed by atoms with Crippen LogP contribution in [0.2, 0.25) is 0 Å². The minimum atomic E-state index is -0.514. The van der Waals surface area contributed by atoms with Crippen LogP contribution in [0.1, 0.15) is 5.56 Å². The smallest absolute Gasteiger partial charge is 0.295 e. The lowest BCUT2D eigenvalue weighted by molar-refractivity contribution is -0.385. The highest BCUT2D eigenvalue weighted by molar-refractivity contribution is 5.87. The van der Waals surface area contributed by atoms with Gasteiger partial charge >= 0.3 is 5.69 Å². The van der Waals surface area contributed by atoms with Crippen LogP contribution >= 0.6 is 0 Å². The summed E-state index contributed by atoms with van der Waals surface area (Å²) in [6.07, 6.45) is 2.74. The molecule has 3 rings (SSSR count). The summed E-state index contributed by atoms with van der Waals surface area (Å²) in [6.45, 7) is 0. The van der Waals surface area contributed by atoms with Crippen molar-refractivity contribution in [1.29, 1.82) is 0 Å². The molecule has 2 aromatic heterocycles. The van der Waals surface area contributed by atoms with Crippen LogP contribution in [0.15, 0.2) is 46.4 Å². The number of pyridine rings is 1. The average molecular weight is 326 g/mol. The number of aromatic nitrogens is 3. The lowest BCUT2D eigenvalue weighted by atomic mass is 10.2. The highest BCUT2D eigenvalue weighted by atomic mass is 16.6. The third-order valence-electron chi connectivity index (χ3n) is 3.65. The van der Waals surface area contributed by atoms with E-state index in [2.05, 4.69) is 15.5 Å². The molecule has 0 bridgehead atoms. The number of benzene rings is 1. The monoisotopic (exact) mass is 326 g/mol. The second-order valence-corrected chi connectivity index (χ2v) is 5.18. The molecule has 1 N–H and O–H groups in total. The Morgan fingerprint density at radius 2 is 1.96 bits per heavy atom. The van der Waals surface area contributed by atoms with Gasteiger partial charge in [0.1, 0.15) is 12.0 Å². The van der Waals surface area contributed by atoms with Crippen LogP contribution in [0.3, 0.4) is 0 Å². The van der Waals surface area contributed by atoms with Gasteiger partial charge in [-0.25, -0.2) is 9.78 Å².